The number of carbonyl (C=O) groups excluding carboxylic acids is 1. The van der Waals surface area contributed by atoms with Crippen molar-refractivity contribution in [2.75, 3.05) is 25.0 Å². The minimum atomic E-state index is -0.644. The number of benzene rings is 2. The van der Waals surface area contributed by atoms with Crippen LogP contribution in [0.1, 0.15) is 54.9 Å². The van der Waals surface area contributed by atoms with E-state index >= 15 is 0 Å². The SMILES string of the molecule is Cc1ccc(NC(=O)c2ccccc2OCC(O)CNCC23CCCC(=CC(C)C2)C3)cc1. The third kappa shape index (κ3) is 6.24. The number of fused-ring (bicyclic) bond motifs is 2. The van der Waals surface area contributed by atoms with E-state index in [0.29, 0.717) is 29.2 Å². The number of anilines is 1. The third-order valence-electron chi connectivity index (χ3n) is 6.83. The molecule has 4 rings (SSSR count). The summed E-state index contributed by atoms with van der Waals surface area (Å²) in [6.45, 7) is 5.87. The van der Waals surface area contributed by atoms with Crippen LogP contribution in [0, 0.1) is 18.3 Å². The van der Waals surface area contributed by atoms with Gasteiger partial charge in [-0.3, -0.25) is 4.79 Å². The van der Waals surface area contributed by atoms with E-state index in [1.165, 1.54) is 32.1 Å². The monoisotopic (exact) mass is 448 g/mol. The molecule has 3 unspecified atom stereocenters. The number of ether oxygens (including phenoxy) is 1. The van der Waals surface area contributed by atoms with E-state index in [1.54, 1.807) is 17.7 Å². The van der Waals surface area contributed by atoms with Gasteiger partial charge in [-0.25, -0.2) is 0 Å². The summed E-state index contributed by atoms with van der Waals surface area (Å²) in [7, 11) is 0. The van der Waals surface area contributed by atoms with Gasteiger partial charge in [0, 0.05) is 18.8 Å². The Morgan fingerprint density at radius 3 is 2.82 bits per heavy atom. The molecule has 0 heterocycles. The van der Waals surface area contributed by atoms with Crippen molar-refractivity contribution in [2.24, 2.45) is 11.3 Å². The van der Waals surface area contributed by atoms with Crippen LogP contribution >= 0.6 is 0 Å². The standard InChI is InChI=1S/C28H36N2O3/c1-20-9-11-23(12-10-20)30-27(32)25-7-3-4-8-26(25)33-18-24(31)17-29-19-28-13-5-6-22(16-28)14-21(2)15-28/h3-4,7-12,14,21,24,29,31H,5-6,13,15-19H2,1-2H3,(H,30,32). The Labute approximate surface area is 197 Å². The summed E-state index contributed by atoms with van der Waals surface area (Å²) in [6.07, 6.45) is 8.02. The van der Waals surface area contributed by atoms with Crippen LogP contribution in [-0.2, 0) is 0 Å². The fraction of sp³-hybridized carbons (Fsp3) is 0.464. The first kappa shape index (κ1) is 23.5. The van der Waals surface area contributed by atoms with Crippen molar-refractivity contribution in [1.29, 1.82) is 0 Å². The van der Waals surface area contributed by atoms with E-state index in [9.17, 15) is 9.90 Å². The van der Waals surface area contributed by atoms with Crippen LogP contribution in [0.15, 0.2) is 60.2 Å². The minimum absolute atomic E-state index is 0.135. The van der Waals surface area contributed by atoms with Gasteiger partial charge in [-0.15, -0.1) is 0 Å². The maximum Gasteiger partial charge on any atom is 0.259 e. The van der Waals surface area contributed by atoms with E-state index in [2.05, 4.69) is 23.6 Å². The van der Waals surface area contributed by atoms with Crippen molar-refractivity contribution in [3.05, 3.63) is 71.3 Å². The van der Waals surface area contributed by atoms with Gasteiger partial charge >= 0.3 is 0 Å². The Morgan fingerprint density at radius 1 is 1.21 bits per heavy atom. The molecule has 2 aliphatic carbocycles. The van der Waals surface area contributed by atoms with Gasteiger partial charge in [0.2, 0.25) is 0 Å². The number of aryl methyl sites for hydroxylation is 1. The highest BCUT2D eigenvalue weighted by atomic mass is 16.5. The van der Waals surface area contributed by atoms with Crippen LogP contribution < -0.4 is 15.4 Å². The van der Waals surface area contributed by atoms with E-state index in [-0.39, 0.29) is 12.5 Å². The maximum absolute atomic E-state index is 12.8. The van der Waals surface area contributed by atoms with Crippen LogP contribution in [0.3, 0.4) is 0 Å². The summed E-state index contributed by atoms with van der Waals surface area (Å²) in [6, 6.07) is 14.8. The highest BCUT2D eigenvalue weighted by Crippen LogP contribution is 2.47. The summed E-state index contributed by atoms with van der Waals surface area (Å²) in [5, 5.41) is 16.9. The number of para-hydroxylation sites is 1. The van der Waals surface area contributed by atoms with Crippen molar-refractivity contribution in [1.82, 2.24) is 5.32 Å². The molecule has 1 saturated carbocycles. The van der Waals surface area contributed by atoms with Gasteiger partial charge in [-0.05, 0) is 74.6 Å². The van der Waals surface area contributed by atoms with Crippen LogP contribution in [-0.4, -0.2) is 36.8 Å². The van der Waals surface area contributed by atoms with Gasteiger partial charge in [-0.2, -0.15) is 0 Å². The number of carbonyl (C=O) groups is 1. The molecule has 0 aliphatic heterocycles. The fourth-order valence-electron chi connectivity index (χ4n) is 5.40. The Balaban J connectivity index is 1.27. The molecule has 1 fully saturated rings. The Morgan fingerprint density at radius 2 is 2.00 bits per heavy atom. The van der Waals surface area contributed by atoms with Crippen molar-refractivity contribution in [3.63, 3.8) is 0 Å². The molecular formula is C28H36N2O3. The predicted octanol–water partition coefficient (Wildman–Crippen LogP) is 5.10. The largest absolute Gasteiger partial charge is 0.490 e. The first-order chi connectivity index (χ1) is 15.9. The van der Waals surface area contributed by atoms with Gasteiger partial charge < -0.3 is 20.5 Å². The molecule has 0 radical (unpaired) electrons. The molecule has 0 spiro atoms. The molecule has 2 aliphatic rings. The van der Waals surface area contributed by atoms with Crippen LogP contribution in [0.5, 0.6) is 5.75 Å². The molecule has 5 heteroatoms. The molecule has 2 aromatic carbocycles. The van der Waals surface area contributed by atoms with Crippen LogP contribution in [0.25, 0.3) is 0 Å². The summed E-state index contributed by atoms with van der Waals surface area (Å²) in [5.41, 5.74) is 4.28. The van der Waals surface area contributed by atoms with Gasteiger partial charge in [0.15, 0.2) is 0 Å². The summed E-state index contributed by atoms with van der Waals surface area (Å²) < 4.78 is 5.86. The van der Waals surface area contributed by atoms with E-state index in [1.807, 2.05) is 43.3 Å². The third-order valence-corrected chi connectivity index (χ3v) is 6.83. The lowest BCUT2D eigenvalue weighted by atomic mass is 9.63. The van der Waals surface area contributed by atoms with Crippen molar-refractivity contribution < 1.29 is 14.6 Å². The van der Waals surface area contributed by atoms with E-state index in [0.717, 1.165) is 17.8 Å². The average Bonchev–Trinajstić information content (AvgIpc) is 2.79. The first-order valence-electron chi connectivity index (χ1n) is 12.1. The zero-order chi connectivity index (χ0) is 23.3. The van der Waals surface area contributed by atoms with Crippen LogP contribution in [0.4, 0.5) is 5.69 Å². The fourth-order valence-corrected chi connectivity index (χ4v) is 5.40. The topological polar surface area (TPSA) is 70.6 Å². The molecule has 5 nitrogen and oxygen atoms in total. The van der Waals surface area contributed by atoms with Crippen molar-refractivity contribution in [3.8, 4) is 5.75 Å². The minimum Gasteiger partial charge on any atom is -0.490 e. The number of nitrogens with one attached hydrogen (secondary N) is 2. The summed E-state index contributed by atoms with van der Waals surface area (Å²) in [4.78, 5) is 12.8. The molecule has 3 N–H and O–H groups in total. The first-order valence-corrected chi connectivity index (χ1v) is 12.1. The molecule has 3 atom stereocenters. The van der Waals surface area contributed by atoms with Gasteiger partial charge in [0.25, 0.3) is 5.91 Å². The Hall–Kier alpha value is -2.63. The second-order valence-electron chi connectivity index (χ2n) is 9.95. The zero-order valence-corrected chi connectivity index (χ0v) is 19.8. The van der Waals surface area contributed by atoms with Crippen molar-refractivity contribution >= 4 is 11.6 Å². The molecule has 0 aromatic heterocycles. The second-order valence-corrected chi connectivity index (χ2v) is 9.95. The van der Waals surface area contributed by atoms with E-state index in [4.69, 9.17) is 4.74 Å². The summed E-state index contributed by atoms with van der Waals surface area (Å²) in [5.74, 6) is 0.892. The Bertz CT molecular complexity index is 985. The Kier molecular flexibility index (Phi) is 7.51. The smallest absolute Gasteiger partial charge is 0.259 e. The van der Waals surface area contributed by atoms with Gasteiger partial charge in [0.1, 0.15) is 18.5 Å². The molecule has 33 heavy (non-hydrogen) atoms. The normalized spacial score (nSPS) is 22.9. The number of allylic oxidation sites excluding steroid dienone is 2. The number of hydrogen-bond donors (Lipinski definition) is 3. The number of rotatable bonds is 9. The number of amides is 1. The highest BCUT2D eigenvalue weighted by Gasteiger charge is 2.37. The number of aliphatic hydroxyl groups excluding tert-OH is 1. The lowest BCUT2D eigenvalue weighted by Crippen LogP contribution is -2.43. The van der Waals surface area contributed by atoms with Crippen molar-refractivity contribution in [2.45, 2.75) is 52.1 Å². The molecule has 2 aromatic rings. The lowest BCUT2D eigenvalue weighted by Gasteiger charge is -2.44. The lowest BCUT2D eigenvalue weighted by molar-refractivity contribution is 0.0932. The molecule has 2 bridgehead atoms. The second kappa shape index (κ2) is 10.5. The maximum atomic E-state index is 12.8. The van der Waals surface area contributed by atoms with Gasteiger partial charge in [-0.1, -0.05) is 48.4 Å². The highest BCUT2D eigenvalue weighted by molar-refractivity contribution is 6.06. The molecule has 176 valence electrons. The molecular weight excluding hydrogens is 412 g/mol. The predicted molar refractivity (Wildman–Crippen MR) is 133 cm³/mol. The quantitative estimate of drug-likeness (QED) is 0.467. The van der Waals surface area contributed by atoms with E-state index < -0.39 is 6.10 Å². The number of hydrogen-bond acceptors (Lipinski definition) is 4. The number of aliphatic hydroxyl groups is 1. The molecule has 1 amide bonds. The molecule has 0 saturated heterocycles. The van der Waals surface area contributed by atoms with Gasteiger partial charge in [0.05, 0.1) is 5.56 Å². The van der Waals surface area contributed by atoms with Crippen LogP contribution in [0.2, 0.25) is 0 Å². The summed E-state index contributed by atoms with van der Waals surface area (Å²) >= 11 is 0. The zero-order valence-electron chi connectivity index (χ0n) is 19.8. The average molecular weight is 449 g/mol.